The van der Waals surface area contributed by atoms with Crippen molar-refractivity contribution in [2.45, 2.75) is 6.92 Å². The zero-order valence-electron chi connectivity index (χ0n) is 10.4. The highest BCUT2D eigenvalue weighted by atomic mass is 35.5. The molecule has 1 aromatic carbocycles. The lowest BCUT2D eigenvalue weighted by Gasteiger charge is -2.31. The third-order valence-electron chi connectivity index (χ3n) is 3.40. The SMILES string of the molecule is CC(C(=O)Nc1cc(Cl)ccc1C(=O)O)C1CNC1. The molecule has 0 aromatic heterocycles. The first-order valence-electron chi connectivity index (χ1n) is 6.03. The number of hydrogen-bond acceptors (Lipinski definition) is 3. The van der Waals surface area contributed by atoms with Gasteiger partial charge in [-0.2, -0.15) is 0 Å². The Labute approximate surface area is 116 Å². The number of carboxylic acid groups (broad SMARTS) is 1. The molecule has 2 rings (SSSR count). The minimum atomic E-state index is -1.09. The molecule has 0 spiro atoms. The van der Waals surface area contributed by atoms with Crippen LogP contribution in [0.4, 0.5) is 5.69 Å². The molecule has 5 nitrogen and oxygen atoms in total. The fourth-order valence-corrected chi connectivity index (χ4v) is 2.10. The minimum Gasteiger partial charge on any atom is -0.478 e. The van der Waals surface area contributed by atoms with Crippen LogP contribution >= 0.6 is 11.6 Å². The summed E-state index contributed by atoms with van der Waals surface area (Å²) < 4.78 is 0. The van der Waals surface area contributed by atoms with Crippen LogP contribution in [-0.2, 0) is 4.79 Å². The molecular weight excluding hydrogens is 268 g/mol. The molecule has 1 heterocycles. The van der Waals surface area contributed by atoms with Crippen molar-refractivity contribution in [1.29, 1.82) is 0 Å². The molecule has 1 aliphatic rings. The van der Waals surface area contributed by atoms with E-state index in [0.29, 0.717) is 10.9 Å². The molecule has 1 saturated heterocycles. The van der Waals surface area contributed by atoms with E-state index < -0.39 is 5.97 Å². The maximum Gasteiger partial charge on any atom is 0.337 e. The highest BCUT2D eigenvalue weighted by Crippen LogP contribution is 2.23. The number of carbonyl (C=O) groups excluding carboxylic acids is 1. The number of aromatic carboxylic acids is 1. The van der Waals surface area contributed by atoms with Crippen molar-refractivity contribution in [3.05, 3.63) is 28.8 Å². The zero-order chi connectivity index (χ0) is 14.0. The van der Waals surface area contributed by atoms with Crippen LogP contribution in [0.5, 0.6) is 0 Å². The third-order valence-corrected chi connectivity index (χ3v) is 3.64. The predicted molar refractivity (Wildman–Crippen MR) is 72.6 cm³/mol. The van der Waals surface area contributed by atoms with E-state index in [9.17, 15) is 9.59 Å². The van der Waals surface area contributed by atoms with E-state index in [2.05, 4.69) is 10.6 Å². The van der Waals surface area contributed by atoms with E-state index in [-0.39, 0.29) is 23.1 Å². The average Bonchev–Trinajstić information content (AvgIpc) is 2.26. The molecule has 1 unspecified atom stereocenters. The number of halogens is 1. The van der Waals surface area contributed by atoms with E-state index in [1.807, 2.05) is 6.92 Å². The Morgan fingerprint density at radius 1 is 1.47 bits per heavy atom. The fraction of sp³-hybridized carbons (Fsp3) is 0.385. The standard InChI is InChI=1S/C13H15ClN2O3/c1-7(8-5-15-6-8)12(17)16-11-4-9(14)2-3-10(11)13(18)19/h2-4,7-8,15H,5-6H2,1H3,(H,16,17)(H,18,19). The Bertz CT molecular complexity index is 515. The van der Waals surface area contributed by atoms with Crippen molar-refractivity contribution in [1.82, 2.24) is 5.32 Å². The topological polar surface area (TPSA) is 78.4 Å². The summed E-state index contributed by atoms with van der Waals surface area (Å²) in [6, 6.07) is 4.32. The number of anilines is 1. The molecule has 1 fully saturated rings. The number of carboxylic acids is 1. The molecule has 0 radical (unpaired) electrons. The molecule has 102 valence electrons. The van der Waals surface area contributed by atoms with Crippen LogP contribution in [0.25, 0.3) is 0 Å². The molecule has 0 saturated carbocycles. The fourth-order valence-electron chi connectivity index (χ4n) is 1.93. The largest absolute Gasteiger partial charge is 0.478 e. The molecule has 1 aromatic rings. The Balaban J connectivity index is 2.15. The van der Waals surface area contributed by atoms with Gasteiger partial charge in [-0.05, 0) is 37.2 Å². The van der Waals surface area contributed by atoms with E-state index >= 15 is 0 Å². The molecule has 6 heteroatoms. The van der Waals surface area contributed by atoms with E-state index in [0.717, 1.165) is 13.1 Å². The van der Waals surface area contributed by atoms with E-state index in [1.165, 1.54) is 18.2 Å². The molecule has 1 aliphatic heterocycles. The van der Waals surface area contributed by atoms with Crippen molar-refractivity contribution < 1.29 is 14.7 Å². The van der Waals surface area contributed by atoms with Gasteiger partial charge in [0.15, 0.2) is 0 Å². The van der Waals surface area contributed by atoms with Gasteiger partial charge < -0.3 is 15.7 Å². The van der Waals surface area contributed by atoms with Crippen LogP contribution < -0.4 is 10.6 Å². The number of amides is 1. The van der Waals surface area contributed by atoms with Crippen molar-refractivity contribution in [3.63, 3.8) is 0 Å². The second kappa shape index (κ2) is 5.59. The molecule has 0 bridgehead atoms. The predicted octanol–water partition coefficient (Wildman–Crippen LogP) is 1.83. The van der Waals surface area contributed by atoms with Crippen LogP contribution in [0.15, 0.2) is 18.2 Å². The summed E-state index contributed by atoms with van der Waals surface area (Å²) in [5, 5.41) is 15.2. The van der Waals surface area contributed by atoms with Gasteiger partial charge in [-0.3, -0.25) is 4.79 Å². The summed E-state index contributed by atoms with van der Waals surface area (Å²) in [6.07, 6.45) is 0. The molecule has 3 N–H and O–H groups in total. The highest BCUT2D eigenvalue weighted by Gasteiger charge is 2.29. The quantitative estimate of drug-likeness (QED) is 0.787. The number of benzene rings is 1. The average molecular weight is 283 g/mol. The smallest absolute Gasteiger partial charge is 0.337 e. The Hall–Kier alpha value is -1.59. The van der Waals surface area contributed by atoms with Gasteiger partial charge in [0, 0.05) is 10.9 Å². The second-order valence-electron chi connectivity index (χ2n) is 4.69. The van der Waals surface area contributed by atoms with Gasteiger partial charge in [0.1, 0.15) is 0 Å². The maximum atomic E-state index is 12.1. The van der Waals surface area contributed by atoms with Crippen LogP contribution in [0.1, 0.15) is 17.3 Å². The summed E-state index contributed by atoms with van der Waals surface area (Å²) >= 11 is 5.83. The van der Waals surface area contributed by atoms with Gasteiger partial charge in [0.25, 0.3) is 0 Å². The van der Waals surface area contributed by atoms with Gasteiger partial charge >= 0.3 is 5.97 Å². The Morgan fingerprint density at radius 2 is 2.16 bits per heavy atom. The molecule has 1 amide bonds. The van der Waals surface area contributed by atoms with Gasteiger partial charge in [-0.1, -0.05) is 18.5 Å². The number of carbonyl (C=O) groups is 2. The normalized spacial score (nSPS) is 16.5. The first kappa shape index (κ1) is 13.8. The number of rotatable bonds is 4. The molecular formula is C13H15ClN2O3. The molecule has 19 heavy (non-hydrogen) atoms. The van der Waals surface area contributed by atoms with E-state index in [4.69, 9.17) is 16.7 Å². The Morgan fingerprint density at radius 3 is 2.68 bits per heavy atom. The maximum absolute atomic E-state index is 12.1. The molecule has 1 atom stereocenters. The first-order valence-corrected chi connectivity index (χ1v) is 6.41. The van der Waals surface area contributed by atoms with Gasteiger partial charge in [-0.15, -0.1) is 0 Å². The lowest BCUT2D eigenvalue weighted by molar-refractivity contribution is -0.121. The number of hydrogen-bond donors (Lipinski definition) is 3. The van der Waals surface area contributed by atoms with Crippen LogP contribution in [0.2, 0.25) is 5.02 Å². The van der Waals surface area contributed by atoms with Crippen LogP contribution in [-0.4, -0.2) is 30.1 Å². The summed E-state index contributed by atoms with van der Waals surface area (Å²) in [7, 11) is 0. The van der Waals surface area contributed by atoms with Crippen molar-refractivity contribution in [2.24, 2.45) is 11.8 Å². The zero-order valence-corrected chi connectivity index (χ0v) is 11.2. The van der Waals surface area contributed by atoms with Gasteiger partial charge in [0.05, 0.1) is 11.3 Å². The van der Waals surface area contributed by atoms with Crippen molar-refractivity contribution >= 4 is 29.2 Å². The van der Waals surface area contributed by atoms with Crippen molar-refractivity contribution in [2.75, 3.05) is 18.4 Å². The summed E-state index contributed by atoms with van der Waals surface area (Å²) in [5.74, 6) is -1.14. The minimum absolute atomic E-state index is 0.0386. The van der Waals surface area contributed by atoms with Crippen LogP contribution in [0, 0.1) is 11.8 Å². The lowest BCUT2D eigenvalue weighted by Crippen LogP contribution is -2.48. The number of nitrogens with one attached hydrogen (secondary N) is 2. The second-order valence-corrected chi connectivity index (χ2v) is 5.13. The molecule has 0 aliphatic carbocycles. The highest BCUT2D eigenvalue weighted by molar-refractivity contribution is 6.31. The third kappa shape index (κ3) is 3.05. The van der Waals surface area contributed by atoms with Crippen LogP contribution in [0.3, 0.4) is 0 Å². The first-order chi connectivity index (χ1) is 8.99. The van der Waals surface area contributed by atoms with Crippen molar-refractivity contribution in [3.8, 4) is 0 Å². The lowest BCUT2D eigenvalue weighted by atomic mass is 9.88. The summed E-state index contributed by atoms with van der Waals surface area (Å²) in [4.78, 5) is 23.1. The summed E-state index contributed by atoms with van der Waals surface area (Å²) in [5.41, 5.74) is 0.279. The van der Waals surface area contributed by atoms with Gasteiger partial charge in [-0.25, -0.2) is 4.79 Å². The summed E-state index contributed by atoms with van der Waals surface area (Å²) in [6.45, 7) is 3.47. The van der Waals surface area contributed by atoms with Gasteiger partial charge in [0.2, 0.25) is 5.91 Å². The monoisotopic (exact) mass is 282 g/mol. The van der Waals surface area contributed by atoms with E-state index in [1.54, 1.807) is 0 Å². The Kier molecular flexibility index (Phi) is 4.07.